The molecule has 2 aromatic heterocycles. The summed E-state index contributed by atoms with van der Waals surface area (Å²) in [5, 5.41) is 1.87. The molecular weight excluding hydrogens is 578 g/mol. The van der Waals surface area contributed by atoms with Crippen LogP contribution in [0.5, 0.6) is 0 Å². The molecule has 0 spiro atoms. The Kier molecular flexibility index (Phi) is 8.20. The molecule has 5 rings (SSSR count). The molecule has 0 radical (unpaired) electrons. The van der Waals surface area contributed by atoms with Gasteiger partial charge in [-0.1, -0.05) is 22.0 Å². The summed E-state index contributed by atoms with van der Waals surface area (Å²) in [6.45, 7) is 2.09. The maximum Gasteiger partial charge on any atom is 0.229 e. The summed E-state index contributed by atoms with van der Waals surface area (Å²) in [6, 6.07) is 14.8. The largest absolute Gasteiger partial charge is 0.371 e. The number of rotatable bonds is 5. The zero-order valence-corrected chi connectivity index (χ0v) is 23.7. The molecule has 0 saturated carbocycles. The summed E-state index contributed by atoms with van der Waals surface area (Å²) in [5.74, 6) is 0. The Hall–Kier alpha value is -2.96. The van der Waals surface area contributed by atoms with Gasteiger partial charge in [-0.2, -0.15) is 0 Å². The third-order valence-corrected chi connectivity index (χ3v) is 7.62. The van der Waals surface area contributed by atoms with E-state index >= 15 is 0 Å². The molecule has 12 heteroatoms. The van der Waals surface area contributed by atoms with Crippen molar-refractivity contribution in [3.8, 4) is 0 Å². The second-order valence-electron chi connectivity index (χ2n) is 8.82. The minimum Gasteiger partial charge on any atom is -0.371 e. The molecule has 1 fully saturated rings. The number of hydrogen-bond acceptors (Lipinski definition) is 7. The number of piperidine rings is 1. The lowest BCUT2D eigenvalue weighted by molar-refractivity contribution is 0.579. The van der Waals surface area contributed by atoms with Crippen LogP contribution in [0.15, 0.2) is 65.4 Å². The van der Waals surface area contributed by atoms with E-state index in [9.17, 15) is 16.8 Å². The van der Waals surface area contributed by atoms with Crippen LogP contribution >= 0.6 is 15.9 Å². The first-order chi connectivity index (χ1) is 17.5. The van der Waals surface area contributed by atoms with Gasteiger partial charge in [-0.15, -0.1) is 0 Å². The summed E-state index contributed by atoms with van der Waals surface area (Å²) in [4.78, 5) is 10.9. The number of nitrogens with one attached hydrogen (secondary N) is 2. The summed E-state index contributed by atoms with van der Waals surface area (Å²) >= 11 is 3.39. The molecule has 0 bridgehead atoms. The third kappa shape index (κ3) is 7.08. The number of fused-ring (bicyclic) bond motifs is 2. The minimum atomic E-state index is -3.31. The first-order valence-corrected chi connectivity index (χ1v) is 16.2. The smallest absolute Gasteiger partial charge is 0.229 e. The number of hydrogen-bond donors (Lipinski definition) is 2. The maximum absolute atomic E-state index is 11.5. The number of pyridine rings is 2. The van der Waals surface area contributed by atoms with Crippen LogP contribution in [0.4, 0.5) is 17.1 Å². The van der Waals surface area contributed by atoms with Gasteiger partial charge >= 0.3 is 0 Å². The van der Waals surface area contributed by atoms with Gasteiger partial charge in [0.25, 0.3) is 0 Å². The molecule has 1 aliphatic rings. The SMILES string of the molecule is CS(=O)(=O)Nc1ccc(Br)c2cccnc12.CS(=O)(=O)Nc1ccc(N2CCCCC2)c2cccnc12. The van der Waals surface area contributed by atoms with E-state index in [-0.39, 0.29) is 0 Å². The highest BCUT2D eigenvalue weighted by Crippen LogP contribution is 2.33. The van der Waals surface area contributed by atoms with Crippen molar-refractivity contribution < 1.29 is 16.8 Å². The van der Waals surface area contributed by atoms with E-state index in [1.54, 1.807) is 36.7 Å². The number of aromatic nitrogens is 2. The Labute approximate surface area is 225 Å². The lowest BCUT2D eigenvalue weighted by Gasteiger charge is -2.30. The van der Waals surface area contributed by atoms with Gasteiger partial charge in [0.15, 0.2) is 0 Å². The predicted molar refractivity (Wildman–Crippen MR) is 154 cm³/mol. The van der Waals surface area contributed by atoms with Crippen molar-refractivity contribution in [2.75, 3.05) is 39.9 Å². The van der Waals surface area contributed by atoms with Crippen molar-refractivity contribution >= 4 is 74.8 Å². The highest BCUT2D eigenvalue weighted by Gasteiger charge is 2.16. The van der Waals surface area contributed by atoms with Gasteiger partial charge in [0, 0.05) is 46.4 Å². The second-order valence-corrected chi connectivity index (χ2v) is 13.2. The molecule has 3 heterocycles. The van der Waals surface area contributed by atoms with Crippen LogP contribution in [0.25, 0.3) is 21.8 Å². The van der Waals surface area contributed by atoms with Crippen molar-refractivity contribution in [3.63, 3.8) is 0 Å². The number of anilines is 3. The molecule has 2 N–H and O–H groups in total. The van der Waals surface area contributed by atoms with Gasteiger partial charge in [0.2, 0.25) is 20.0 Å². The fourth-order valence-corrected chi connectivity index (χ4v) is 5.85. The molecular formula is C25H28BrN5O4S2. The van der Waals surface area contributed by atoms with Crippen LogP contribution in [0.2, 0.25) is 0 Å². The highest BCUT2D eigenvalue weighted by atomic mass is 79.9. The number of benzene rings is 2. The van der Waals surface area contributed by atoms with E-state index in [1.165, 1.54) is 19.3 Å². The fourth-order valence-electron chi connectivity index (χ4n) is 4.27. The van der Waals surface area contributed by atoms with E-state index in [2.05, 4.69) is 40.2 Å². The zero-order valence-electron chi connectivity index (χ0n) is 20.5. The van der Waals surface area contributed by atoms with E-state index < -0.39 is 20.0 Å². The molecule has 1 saturated heterocycles. The Morgan fingerprint density at radius 3 is 1.81 bits per heavy atom. The van der Waals surface area contributed by atoms with Crippen molar-refractivity contribution in [3.05, 3.63) is 65.4 Å². The number of sulfonamides is 2. The average molecular weight is 607 g/mol. The molecule has 0 aliphatic carbocycles. The van der Waals surface area contributed by atoms with Gasteiger partial charge in [-0.3, -0.25) is 19.4 Å². The molecule has 4 aromatic rings. The topological polar surface area (TPSA) is 121 Å². The summed E-state index contributed by atoms with van der Waals surface area (Å²) in [7, 11) is -6.60. The van der Waals surface area contributed by atoms with Crippen LogP contribution in [0.1, 0.15) is 19.3 Å². The standard InChI is InChI=1S/C15H19N3O2S.C10H9BrN2O2S/c1-21(19,20)17-13-7-8-14(18-10-3-2-4-11-18)12-6-5-9-16-15(12)13;1-16(14,15)13-9-5-4-8(11)7-3-2-6-12-10(7)9/h5-9,17H,2-4,10-11H2,1H3;2-6,13H,1H3. The Balaban J connectivity index is 0.000000180. The van der Waals surface area contributed by atoms with E-state index in [4.69, 9.17) is 0 Å². The lowest BCUT2D eigenvalue weighted by Crippen LogP contribution is -2.29. The van der Waals surface area contributed by atoms with E-state index in [0.717, 1.165) is 46.5 Å². The zero-order chi connectivity index (χ0) is 26.6. The molecule has 9 nitrogen and oxygen atoms in total. The molecule has 37 heavy (non-hydrogen) atoms. The molecule has 0 amide bonds. The highest BCUT2D eigenvalue weighted by molar-refractivity contribution is 9.10. The Morgan fingerprint density at radius 1 is 0.730 bits per heavy atom. The van der Waals surface area contributed by atoms with Gasteiger partial charge in [-0.25, -0.2) is 16.8 Å². The number of nitrogens with zero attached hydrogens (tertiary/aromatic N) is 3. The molecule has 1 aliphatic heterocycles. The van der Waals surface area contributed by atoms with Crippen molar-refractivity contribution in [1.29, 1.82) is 0 Å². The monoisotopic (exact) mass is 605 g/mol. The Morgan fingerprint density at radius 2 is 1.24 bits per heavy atom. The van der Waals surface area contributed by atoms with Gasteiger partial charge < -0.3 is 4.90 Å². The van der Waals surface area contributed by atoms with Gasteiger partial charge in [-0.05, 0) is 61.7 Å². The molecule has 2 aromatic carbocycles. The van der Waals surface area contributed by atoms with Crippen LogP contribution in [-0.4, -0.2) is 52.4 Å². The fraction of sp³-hybridized carbons (Fsp3) is 0.280. The van der Waals surface area contributed by atoms with Crippen LogP contribution < -0.4 is 14.3 Å². The van der Waals surface area contributed by atoms with Gasteiger partial charge in [0.05, 0.1) is 34.9 Å². The summed E-state index contributed by atoms with van der Waals surface area (Å²) < 4.78 is 51.2. The molecule has 0 atom stereocenters. The normalized spacial score (nSPS) is 14.2. The first kappa shape index (κ1) is 27.1. The maximum atomic E-state index is 11.5. The van der Waals surface area contributed by atoms with Crippen LogP contribution in [0, 0.1) is 0 Å². The predicted octanol–water partition coefficient (Wildman–Crippen LogP) is 4.97. The second kappa shape index (κ2) is 11.2. The quantitative estimate of drug-likeness (QED) is 0.329. The summed E-state index contributed by atoms with van der Waals surface area (Å²) in [5.41, 5.74) is 3.49. The summed E-state index contributed by atoms with van der Waals surface area (Å²) in [6.07, 6.45) is 9.26. The molecule has 196 valence electrons. The molecule has 0 unspecified atom stereocenters. The lowest BCUT2D eigenvalue weighted by atomic mass is 10.1. The van der Waals surface area contributed by atoms with Crippen LogP contribution in [0.3, 0.4) is 0 Å². The van der Waals surface area contributed by atoms with Crippen molar-refractivity contribution in [1.82, 2.24) is 9.97 Å². The van der Waals surface area contributed by atoms with E-state index in [0.29, 0.717) is 22.4 Å². The van der Waals surface area contributed by atoms with Crippen molar-refractivity contribution in [2.24, 2.45) is 0 Å². The van der Waals surface area contributed by atoms with Crippen LogP contribution in [-0.2, 0) is 20.0 Å². The Bertz CT molecular complexity index is 1640. The average Bonchev–Trinajstić information content (AvgIpc) is 2.86. The third-order valence-electron chi connectivity index (χ3n) is 5.75. The first-order valence-electron chi connectivity index (χ1n) is 11.6. The minimum absolute atomic E-state index is 0.487. The number of halogens is 1. The van der Waals surface area contributed by atoms with Gasteiger partial charge in [0.1, 0.15) is 0 Å². The van der Waals surface area contributed by atoms with Crippen molar-refractivity contribution in [2.45, 2.75) is 19.3 Å². The van der Waals surface area contributed by atoms with E-state index in [1.807, 2.05) is 24.3 Å².